The molecule has 4 aromatic carbocycles. The molecule has 0 saturated carbocycles. The first-order valence-electron chi connectivity index (χ1n) is 15.4. The number of rotatable bonds is 10. The van der Waals surface area contributed by atoms with Gasteiger partial charge >= 0.3 is 0 Å². The lowest BCUT2D eigenvalue weighted by atomic mass is 9.87. The molecule has 1 amide bonds. The van der Waals surface area contributed by atoms with E-state index in [1.165, 1.54) is 27.8 Å². The number of benzene rings is 4. The Hall–Kier alpha value is -4.85. The maximum Gasteiger partial charge on any atom is 0.286 e. The standard InChI is InChI=1S/C38H36N2O5/c1-43-29-13-14-35-33(20-29)27(21-40-35)15-16-39-38(42)36-18-28(19-37(45-36)44-23-25-11-9-24(22-41)10-12-25)31-7-4-8-32-30-6-3-2-5-26(30)17-34(31)32/h2-14,18,20-21,28,37,40-41H,15-17,19,22-23H2,1H3,(H,39,42)/t28-,37+/m0/s1. The number of aromatic nitrogens is 1. The molecule has 1 aliphatic heterocycles. The van der Waals surface area contributed by atoms with Crippen LogP contribution in [0.1, 0.15) is 45.7 Å². The molecule has 3 N–H and O–H groups in total. The number of carbonyl (C=O) groups excluding carboxylic acids is 1. The molecule has 1 aromatic heterocycles. The molecule has 45 heavy (non-hydrogen) atoms. The van der Waals surface area contributed by atoms with Crippen LogP contribution in [0.5, 0.6) is 5.75 Å². The Balaban J connectivity index is 1.10. The first-order chi connectivity index (χ1) is 22.1. The largest absolute Gasteiger partial charge is 0.497 e. The first-order valence-corrected chi connectivity index (χ1v) is 15.4. The summed E-state index contributed by atoms with van der Waals surface area (Å²) in [5.41, 5.74) is 10.3. The van der Waals surface area contributed by atoms with Gasteiger partial charge in [0.15, 0.2) is 5.76 Å². The normalized spacial score (nSPS) is 16.9. The molecule has 0 radical (unpaired) electrons. The number of aliphatic hydroxyl groups is 1. The summed E-state index contributed by atoms with van der Waals surface area (Å²) in [4.78, 5) is 16.9. The van der Waals surface area contributed by atoms with E-state index in [-0.39, 0.29) is 24.2 Å². The molecule has 0 bridgehead atoms. The molecule has 228 valence electrons. The fraction of sp³-hybridized carbons (Fsp3) is 0.237. The van der Waals surface area contributed by atoms with Gasteiger partial charge < -0.3 is 29.6 Å². The number of nitrogens with one attached hydrogen (secondary N) is 2. The van der Waals surface area contributed by atoms with Crippen LogP contribution in [0.3, 0.4) is 0 Å². The Bertz CT molecular complexity index is 1870. The Morgan fingerprint density at radius 1 is 1.00 bits per heavy atom. The predicted molar refractivity (Wildman–Crippen MR) is 174 cm³/mol. The molecular formula is C38H36N2O5. The molecule has 0 saturated heterocycles. The maximum atomic E-state index is 13.6. The van der Waals surface area contributed by atoms with Crippen molar-refractivity contribution in [1.29, 1.82) is 0 Å². The second-order valence-corrected chi connectivity index (χ2v) is 11.6. The van der Waals surface area contributed by atoms with Crippen LogP contribution in [0.2, 0.25) is 0 Å². The number of fused-ring (bicyclic) bond motifs is 4. The average Bonchev–Trinajstić information content (AvgIpc) is 3.68. The summed E-state index contributed by atoms with van der Waals surface area (Å²) in [6, 6.07) is 28.6. The van der Waals surface area contributed by atoms with Crippen LogP contribution in [0, 0.1) is 0 Å². The second-order valence-electron chi connectivity index (χ2n) is 11.6. The fourth-order valence-corrected chi connectivity index (χ4v) is 6.48. The van der Waals surface area contributed by atoms with Gasteiger partial charge in [-0.05, 0) is 81.6 Å². The number of aliphatic hydroxyl groups excluding tert-OH is 1. The SMILES string of the molecule is COc1ccc2[nH]cc(CCNC(=O)C3=C[C@H](c4cccc5c4Cc4ccccc4-5)C[C@H](OCc4ccc(CO)cc4)O3)c2c1. The van der Waals surface area contributed by atoms with Crippen LogP contribution < -0.4 is 10.1 Å². The van der Waals surface area contributed by atoms with E-state index >= 15 is 0 Å². The highest BCUT2D eigenvalue weighted by molar-refractivity contribution is 5.92. The summed E-state index contributed by atoms with van der Waals surface area (Å²) in [6.07, 6.45) is 5.46. The highest BCUT2D eigenvalue weighted by atomic mass is 16.7. The smallest absolute Gasteiger partial charge is 0.286 e. The molecule has 0 fully saturated rings. The van der Waals surface area contributed by atoms with Crippen LogP contribution >= 0.6 is 0 Å². The summed E-state index contributed by atoms with van der Waals surface area (Å²) in [7, 11) is 1.66. The van der Waals surface area contributed by atoms with E-state index in [4.69, 9.17) is 14.2 Å². The molecular weight excluding hydrogens is 564 g/mol. The number of H-pyrrole nitrogens is 1. The number of methoxy groups -OCH3 is 1. The highest BCUT2D eigenvalue weighted by Crippen LogP contribution is 2.43. The van der Waals surface area contributed by atoms with E-state index in [2.05, 4.69) is 52.8 Å². The number of amides is 1. The number of hydrogen-bond acceptors (Lipinski definition) is 5. The van der Waals surface area contributed by atoms with Gasteiger partial charge in [-0.1, -0.05) is 66.7 Å². The van der Waals surface area contributed by atoms with E-state index in [0.29, 0.717) is 26.0 Å². The minimum Gasteiger partial charge on any atom is -0.497 e. The van der Waals surface area contributed by atoms with Crippen molar-refractivity contribution in [3.63, 3.8) is 0 Å². The van der Waals surface area contributed by atoms with Gasteiger partial charge in [0.2, 0.25) is 6.29 Å². The van der Waals surface area contributed by atoms with Crippen molar-refractivity contribution in [2.75, 3.05) is 13.7 Å². The third-order valence-corrected chi connectivity index (χ3v) is 8.86. The topological polar surface area (TPSA) is 92.8 Å². The van der Waals surface area contributed by atoms with Gasteiger partial charge in [-0.2, -0.15) is 0 Å². The number of carbonyl (C=O) groups is 1. The Morgan fingerprint density at radius 2 is 1.82 bits per heavy atom. The van der Waals surface area contributed by atoms with E-state index in [9.17, 15) is 9.90 Å². The van der Waals surface area contributed by atoms with E-state index < -0.39 is 6.29 Å². The number of allylic oxidation sites excluding steroid dienone is 1. The van der Waals surface area contributed by atoms with Crippen LogP contribution in [-0.4, -0.2) is 35.9 Å². The lowest BCUT2D eigenvalue weighted by Crippen LogP contribution is -2.34. The van der Waals surface area contributed by atoms with Gasteiger partial charge in [-0.25, -0.2) is 0 Å². The minimum atomic E-state index is -0.598. The van der Waals surface area contributed by atoms with Crippen molar-refractivity contribution in [1.82, 2.24) is 10.3 Å². The number of hydrogen-bond donors (Lipinski definition) is 3. The summed E-state index contributed by atoms with van der Waals surface area (Å²) in [5, 5.41) is 13.5. The molecule has 7 heteroatoms. The van der Waals surface area contributed by atoms with Crippen molar-refractivity contribution in [3.05, 3.63) is 136 Å². The molecule has 0 spiro atoms. The van der Waals surface area contributed by atoms with Crippen molar-refractivity contribution in [3.8, 4) is 16.9 Å². The Labute approximate surface area is 262 Å². The summed E-state index contributed by atoms with van der Waals surface area (Å²) >= 11 is 0. The number of aromatic amines is 1. The van der Waals surface area contributed by atoms with Gasteiger partial charge in [-0.3, -0.25) is 4.79 Å². The summed E-state index contributed by atoms with van der Waals surface area (Å²) < 4.78 is 17.9. The van der Waals surface area contributed by atoms with E-state index in [1.807, 2.05) is 54.7 Å². The zero-order valence-corrected chi connectivity index (χ0v) is 25.2. The van der Waals surface area contributed by atoms with Crippen molar-refractivity contribution in [2.45, 2.75) is 44.7 Å². The van der Waals surface area contributed by atoms with Gasteiger partial charge in [0.1, 0.15) is 5.75 Å². The van der Waals surface area contributed by atoms with Crippen molar-refractivity contribution in [2.24, 2.45) is 0 Å². The molecule has 2 heterocycles. The van der Waals surface area contributed by atoms with Gasteiger partial charge in [0.25, 0.3) is 5.91 Å². The quantitative estimate of drug-likeness (QED) is 0.166. The van der Waals surface area contributed by atoms with Gasteiger partial charge in [0.05, 0.1) is 20.3 Å². The van der Waals surface area contributed by atoms with Crippen LogP contribution in [0.4, 0.5) is 0 Å². The summed E-state index contributed by atoms with van der Waals surface area (Å²) in [5.74, 6) is 0.770. The third-order valence-electron chi connectivity index (χ3n) is 8.86. The molecule has 7 rings (SSSR count). The average molecular weight is 601 g/mol. The molecule has 7 nitrogen and oxygen atoms in total. The third kappa shape index (κ3) is 5.97. The van der Waals surface area contributed by atoms with Crippen molar-refractivity contribution >= 4 is 16.8 Å². The number of ether oxygens (including phenoxy) is 3. The van der Waals surface area contributed by atoms with E-state index in [1.54, 1.807) is 7.11 Å². The second kappa shape index (κ2) is 12.6. The van der Waals surface area contributed by atoms with Gasteiger partial charge in [-0.15, -0.1) is 0 Å². The zero-order chi connectivity index (χ0) is 30.8. The molecule has 2 aliphatic rings. The predicted octanol–water partition coefficient (Wildman–Crippen LogP) is 6.53. The fourth-order valence-electron chi connectivity index (χ4n) is 6.48. The van der Waals surface area contributed by atoms with Crippen LogP contribution in [0.25, 0.3) is 22.0 Å². The molecule has 1 aliphatic carbocycles. The minimum absolute atomic E-state index is 0.00240. The van der Waals surface area contributed by atoms with Crippen molar-refractivity contribution < 1.29 is 24.1 Å². The first kappa shape index (κ1) is 28.9. The van der Waals surface area contributed by atoms with Crippen LogP contribution in [-0.2, 0) is 40.3 Å². The van der Waals surface area contributed by atoms with Crippen LogP contribution in [0.15, 0.2) is 103 Å². The monoisotopic (exact) mass is 600 g/mol. The summed E-state index contributed by atoms with van der Waals surface area (Å²) in [6.45, 7) is 0.783. The molecule has 2 atom stereocenters. The highest BCUT2D eigenvalue weighted by Gasteiger charge is 2.32. The Morgan fingerprint density at radius 3 is 2.67 bits per heavy atom. The molecule has 0 unspecified atom stereocenters. The van der Waals surface area contributed by atoms with E-state index in [0.717, 1.165) is 39.8 Å². The lowest BCUT2D eigenvalue weighted by molar-refractivity contribution is -0.150. The Kier molecular flexibility index (Phi) is 8.11. The maximum absolute atomic E-state index is 13.6. The lowest BCUT2D eigenvalue weighted by Gasteiger charge is -2.30. The van der Waals surface area contributed by atoms with Gasteiger partial charge in [0, 0.05) is 36.0 Å². The molecule has 5 aromatic rings. The zero-order valence-electron chi connectivity index (χ0n) is 25.2.